The van der Waals surface area contributed by atoms with E-state index in [0.29, 0.717) is 17.9 Å². The molecule has 1 amide bonds. The van der Waals surface area contributed by atoms with Crippen LogP contribution in [0.5, 0.6) is 11.5 Å². The van der Waals surface area contributed by atoms with E-state index in [-0.39, 0.29) is 18.0 Å². The Morgan fingerprint density at radius 2 is 1.54 bits per heavy atom. The number of amides is 1. The molecule has 37 heavy (non-hydrogen) atoms. The molecule has 0 saturated heterocycles. The molecule has 0 unspecified atom stereocenters. The molecule has 0 aromatic heterocycles. The van der Waals surface area contributed by atoms with Crippen molar-refractivity contribution in [1.82, 2.24) is 4.31 Å². The van der Waals surface area contributed by atoms with Crippen molar-refractivity contribution >= 4 is 37.5 Å². The molecule has 3 aromatic carbocycles. The molecule has 198 valence electrons. The van der Waals surface area contributed by atoms with Crippen molar-refractivity contribution in [3.8, 4) is 11.5 Å². The van der Waals surface area contributed by atoms with Gasteiger partial charge in [-0.25, -0.2) is 8.42 Å². The zero-order valence-electron chi connectivity index (χ0n) is 21.6. The van der Waals surface area contributed by atoms with Crippen LogP contribution in [-0.4, -0.2) is 45.9 Å². The third kappa shape index (κ3) is 7.12. The molecule has 0 aliphatic heterocycles. The number of ether oxygens (including phenoxy) is 2. The van der Waals surface area contributed by atoms with Gasteiger partial charge in [0.25, 0.3) is 0 Å². The Morgan fingerprint density at radius 3 is 2.11 bits per heavy atom. The molecule has 3 rings (SSSR count). The largest absolute Gasteiger partial charge is 0.493 e. The van der Waals surface area contributed by atoms with Crippen LogP contribution >= 0.6 is 15.9 Å². The van der Waals surface area contributed by atoms with Crippen LogP contribution in [0.2, 0.25) is 0 Å². The van der Waals surface area contributed by atoms with E-state index in [9.17, 15) is 13.2 Å². The molecule has 0 atom stereocenters. The fraction of sp³-hybridized carbons (Fsp3) is 0.321. The summed E-state index contributed by atoms with van der Waals surface area (Å²) in [5.74, 6) is 0.319. The van der Waals surface area contributed by atoms with Crippen molar-refractivity contribution in [3.05, 3.63) is 81.8 Å². The first-order valence-corrected chi connectivity index (χ1v) is 14.3. The third-order valence-electron chi connectivity index (χ3n) is 6.10. The van der Waals surface area contributed by atoms with Crippen LogP contribution in [0.1, 0.15) is 30.5 Å². The summed E-state index contributed by atoms with van der Waals surface area (Å²) >= 11 is 3.53. The van der Waals surface area contributed by atoms with E-state index < -0.39 is 15.9 Å². The summed E-state index contributed by atoms with van der Waals surface area (Å²) in [6.45, 7) is 3.84. The fourth-order valence-electron chi connectivity index (χ4n) is 4.09. The topological polar surface area (TPSA) is 84.9 Å². The Balaban J connectivity index is 1.93. The van der Waals surface area contributed by atoms with Gasteiger partial charge in [0.1, 0.15) is 0 Å². The van der Waals surface area contributed by atoms with E-state index in [0.717, 1.165) is 39.7 Å². The number of rotatable bonds is 12. The molecule has 0 saturated carbocycles. The maximum Gasteiger partial charge on any atom is 0.243 e. The first kappa shape index (κ1) is 28.7. The van der Waals surface area contributed by atoms with E-state index in [4.69, 9.17) is 9.47 Å². The van der Waals surface area contributed by atoms with Gasteiger partial charge in [-0.2, -0.15) is 4.31 Å². The summed E-state index contributed by atoms with van der Waals surface area (Å²) in [5.41, 5.74) is 3.69. The van der Waals surface area contributed by atoms with E-state index in [1.807, 2.05) is 56.3 Å². The van der Waals surface area contributed by atoms with Crippen molar-refractivity contribution in [3.63, 3.8) is 0 Å². The molecule has 0 radical (unpaired) electrons. The highest BCUT2D eigenvalue weighted by atomic mass is 79.9. The number of anilines is 1. The number of halogens is 1. The van der Waals surface area contributed by atoms with E-state index >= 15 is 0 Å². The van der Waals surface area contributed by atoms with Gasteiger partial charge in [-0.3, -0.25) is 4.79 Å². The number of carbonyl (C=O) groups excluding carboxylic acids is 1. The highest BCUT2D eigenvalue weighted by molar-refractivity contribution is 9.10. The molecule has 0 aliphatic rings. The second-order valence-corrected chi connectivity index (χ2v) is 11.3. The number of nitrogens with one attached hydrogen (secondary N) is 1. The van der Waals surface area contributed by atoms with Gasteiger partial charge in [-0.1, -0.05) is 60.1 Å². The summed E-state index contributed by atoms with van der Waals surface area (Å²) in [4.78, 5) is 13.3. The van der Waals surface area contributed by atoms with Gasteiger partial charge in [0.15, 0.2) is 11.5 Å². The molecule has 0 aliphatic carbocycles. The van der Waals surface area contributed by atoms with Crippen molar-refractivity contribution in [2.45, 2.75) is 38.0 Å². The molecular weight excluding hydrogens is 556 g/mol. The van der Waals surface area contributed by atoms with Crippen molar-refractivity contribution < 1.29 is 22.7 Å². The van der Waals surface area contributed by atoms with Gasteiger partial charge in [-0.05, 0) is 60.2 Å². The van der Waals surface area contributed by atoms with E-state index in [1.54, 1.807) is 6.07 Å². The normalized spacial score (nSPS) is 11.4. The molecule has 3 aromatic rings. The molecule has 9 heteroatoms. The number of aryl methyl sites for hydroxylation is 2. The van der Waals surface area contributed by atoms with Gasteiger partial charge in [0.2, 0.25) is 15.9 Å². The molecule has 7 nitrogen and oxygen atoms in total. The number of hydrogen-bond acceptors (Lipinski definition) is 5. The SMILES string of the molecule is CCc1cc(Br)cc(CC)c1NC(=O)CN(CCc1ccccc1)S(=O)(=O)c1ccc(OC)c(OC)c1. The Bertz CT molecular complexity index is 1300. The van der Waals surface area contributed by atoms with Crippen LogP contribution in [0.15, 0.2) is 70.0 Å². The monoisotopic (exact) mass is 588 g/mol. The second-order valence-electron chi connectivity index (χ2n) is 8.45. The highest BCUT2D eigenvalue weighted by Gasteiger charge is 2.28. The maximum atomic E-state index is 13.7. The van der Waals surface area contributed by atoms with Crippen LogP contribution < -0.4 is 14.8 Å². The molecule has 1 N–H and O–H groups in total. The van der Waals surface area contributed by atoms with Crippen LogP contribution in [-0.2, 0) is 34.1 Å². The first-order valence-electron chi connectivity index (χ1n) is 12.1. The number of benzene rings is 3. The first-order chi connectivity index (χ1) is 17.7. The zero-order chi connectivity index (χ0) is 27.0. The molecular formula is C28H33BrN2O5S. The minimum absolute atomic E-state index is 0.0261. The van der Waals surface area contributed by atoms with Gasteiger partial charge in [0, 0.05) is 22.8 Å². The predicted octanol–water partition coefficient (Wildman–Crippen LogP) is 5.46. The van der Waals surface area contributed by atoms with Crippen molar-refractivity contribution in [2.24, 2.45) is 0 Å². The lowest BCUT2D eigenvalue weighted by molar-refractivity contribution is -0.116. The molecule has 0 heterocycles. The summed E-state index contributed by atoms with van der Waals surface area (Å²) in [6.07, 6.45) is 1.91. The van der Waals surface area contributed by atoms with Crippen LogP contribution in [0, 0.1) is 0 Å². The second kappa shape index (κ2) is 13.1. The molecule has 0 spiro atoms. The Kier molecular flexibility index (Phi) is 10.1. The van der Waals surface area contributed by atoms with Gasteiger partial charge in [0.05, 0.1) is 25.7 Å². The van der Waals surface area contributed by atoms with Crippen molar-refractivity contribution in [2.75, 3.05) is 32.6 Å². The van der Waals surface area contributed by atoms with Crippen LogP contribution in [0.3, 0.4) is 0 Å². The summed E-state index contributed by atoms with van der Waals surface area (Å²) in [5, 5.41) is 2.99. The average molecular weight is 590 g/mol. The van der Waals surface area contributed by atoms with Crippen molar-refractivity contribution in [1.29, 1.82) is 0 Å². The minimum Gasteiger partial charge on any atom is -0.493 e. The van der Waals surface area contributed by atoms with Gasteiger partial charge in [-0.15, -0.1) is 0 Å². The molecule has 0 fully saturated rings. The lowest BCUT2D eigenvalue weighted by Crippen LogP contribution is -2.39. The average Bonchev–Trinajstić information content (AvgIpc) is 2.91. The standard InChI is InChI=1S/C28H33BrN2O5S/c1-5-21-16-23(29)17-22(6-2)28(21)30-27(32)19-31(15-14-20-10-8-7-9-11-20)37(33,34)24-12-13-25(35-3)26(18-24)36-4/h7-13,16-18H,5-6,14-15,19H2,1-4H3,(H,30,32). The number of carbonyl (C=O) groups is 1. The van der Waals surface area contributed by atoms with Gasteiger partial charge < -0.3 is 14.8 Å². The number of sulfonamides is 1. The highest BCUT2D eigenvalue weighted by Crippen LogP contribution is 2.31. The Labute approximate surface area is 228 Å². The quantitative estimate of drug-likeness (QED) is 0.303. The summed E-state index contributed by atoms with van der Waals surface area (Å²) < 4.78 is 40.2. The van der Waals surface area contributed by atoms with Crippen LogP contribution in [0.4, 0.5) is 5.69 Å². The maximum absolute atomic E-state index is 13.7. The molecule has 0 bridgehead atoms. The number of nitrogens with zero attached hydrogens (tertiary/aromatic N) is 1. The number of methoxy groups -OCH3 is 2. The smallest absolute Gasteiger partial charge is 0.243 e. The minimum atomic E-state index is -4.02. The predicted molar refractivity (Wildman–Crippen MR) is 150 cm³/mol. The van der Waals surface area contributed by atoms with E-state index in [2.05, 4.69) is 21.2 Å². The third-order valence-corrected chi connectivity index (χ3v) is 8.40. The lowest BCUT2D eigenvalue weighted by atomic mass is 10.0. The Hall–Kier alpha value is -2.88. The number of hydrogen-bond donors (Lipinski definition) is 1. The van der Waals surface area contributed by atoms with Crippen LogP contribution in [0.25, 0.3) is 0 Å². The fourth-order valence-corrected chi connectivity index (χ4v) is 6.06. The van der Waals surface area contributed by atoms with E-state index in [1.165, 1.54) is 30.7 Å². The van der Waals surface area contributed by atoms with Gasteiger partial charge >= 0.3 is 0 Å². The summed E-state index contributed by atoms with van der Waals surface area (Å²) in [6, 6.07) is 18.0. The zero-order valence-corrected chi connectivity index (χ0v) is 24.0. The Morgan fingerprint density at radius 1 is 0.919 bits per heavy atom. The lowest BCUT2D eigenvalue weighted by Gasteiger charge is -2.23. The summed E-state index contributed by atoms with van der Waals surface area (Å²) in [7, 11) is -1.09.